The zero-order valence-electron chi connectivity index (χ0n) is 12.3. The van der Waals surface area contributed by atoms with Crippen molar-refractivity contribution in [1.82, 2.24) is 15.5 Å². The number of carbonyl (C=O) groups is 2. The maximum Gasteiger partial charge on any atom is 0.319 e. The monoisotopic (exact) mass is 299 g/mol. The molecular formula is C16H17N3O3. The van der Waals surface area contributed by atoms with E-state index in [1.54, 1.807) is 18.1 Å². The summed E-state index contributed by atoms with van der Waals surface area (Å²) in [4.78, 5) is 26.2. The van der Waals surface area contributed by atoms with E-state index in [4.69, 9.17) is 4.74 Å². The molecule has 0 aliphatic carbocycles. The predicted molar refractivity (Wildman–Crippen MR) is 81.2 cm³/mol. The number of urea groups is 1. The summed E-state index contributed by atoms with van der Waals surface area (Å²) in [5.41, 5.74) is 1.97. The van der Waals surface area contributed by atoms with Gasteiger partial charge in [0, 0.05) is 12.1 Å². The number of ether oxygens (including phenoxy) is 1. The lowest BCUT2D eigenvalue weighted by Gasteiger charge is -2.26. The van der Waals surface area contributed by atoms with Gasteiger partial charge in [0.05, 0.1) is 31.0 Å². The molecule has 1 unspecified atom stereocenters. The van der Waals surface area contributed by atoms with Crippen LogP contribution in [0.4, 0.5) is 4.79 Å². The van der Waals surface area contributed by atoms with Gasteiger partial charge in [-0.2, -0.15) is 0 Å². The molecule has 0 spiro atoms. The van der Waals surface area contributed by atoms with E-state index in [-0.39, 0.29) is 11.9 Å². The molecule has 0 saturated heterocycles. The van der Waals surface area contributed by atoms with Crippen LogP contribution in [0.1, 0.15) is 11.6 Å². The van der Waals surface area contributed by atoms with Crippen LogP contribution in [0.3, 0.4) is 0 Å². The van der Waals surface area contributed by atoms with Crippen LogP contribution in [0.2, 0.25) is 0 Å². The molecule has 0 saturated carbocycles. The van der Waals surface area contributed by atoms with Crippen LogP contribution in [0.15, 0.2) is 48.2 Å². The zero-order valence-corrected chi connectivity index (χ0v) is 12.3. The fourth-order valence-electron chi connectivity index (χ4n) is 2.87. The number of hydrogen-bond donors (Lipinski definition) is 2. The number of nitrogens with one attached hydrogen (secondary N) is 2. The van der Waals surface area contributed by atoms with Gasteiger partial charge in [0.15, 0.2) is 0 Å². The van der Waals surface area contributed by atoms with Crippen LogP contribution in [0.5, 0.6) is 5.75 Å². The largest absolute Gasteiger partial charge is 0.496 e. The predicted octanol–water partition coefficient (Wildman–Crippen LogP) is 1.33. The lowest BCUT2D eigenvalue weighted by molar-refractivity contribution is -0.125. The van der Waals surface area contributed by atoms with Gasteiger partial charge in [-0.15, -0.1) is 6.58 Å². The zero-order chi connectivity index (χ0) is 15.7. The second-order valence-corrected chi connectivity index (χ2v) is 5.14. The number of carbonyl (C=O) groups excluding carboxylic acids is 2. The van der Waals surface area contributed by atoms with Crippen molar-refractivity contribution in [2.24, 2.45) is 0 Å². The highest BCUT2D eigenvalue weighted by atomic mass is 16.5. The average molecular weight is 299 g/mol. The van der Waals surface area contributed by atoms with Crippen molar-refractivity contribution in [2.45, 2.75) is 6.04 Å². The minimum atomic E-state index is -0.512. The van der Waals surface area contributed by atoms with Gasteiger partial charge >= 0.3 is 6.03 Å². The summed E-state index contributed by atoms with van der Waals surface area (Å²) < 4.78 is 5.36. The summed E-state index contributed by atoms with van der Waals surface area (Å²) >= 11 is 0. The number of nitrogens with zero attached hydrogens (tertiary/aromatic N) is 1. The van der Waals surface area contributed by atoms with Gasteiger partial charge in [0.1, 0.15) is 5.75 Å². The fraction of sp³-hybridized carbons (Fsp3) is 0.250. The second-order valence-electron chi connectivity index (χ2n) is 5.14. The first-order valence-corrected chi connectivity index (χ1v) is 6.99. The Morgan fingerprint density at radius 1 is 1.41 bits per heavy atom. The molecule has 0 fully saturated rings. The minimum Gasteiger partial charge on any atom is -0.496 e. The van der Waals surface area contributed by atoms with E-state index in [2.05, 4.69) is 17.2 Å². The number of methoxy groups -OCH3 is 1. The molecule has 1 aromatic rings. The molecule has 0 radical (unpaired) electrons. The summed E-state index contributed by atoms with van der Waals surface area (Å²) in [6, 6.07) is 6.53. The maximum atomic E-state index is 12.6. The first kappa shape index (κ1) is 14.2. The van der Waals surface area contributed by atoms with E-state index in [9.17, 15) is 9.59 Å². The first-order valence-electron chi connectivity index (χ1n) is 6.99. The molecule has 114 valence electrons. The van der Waals surface area contributed by atoms with Crippen LogP contribution in [-0.2, 0) is 4.79 Å². The highest BCUT2D eigenvalue weighted by Crippen LogP contribution is 2.36. The van der Waals surface area contributed by atoms with Gasteiger partial charge in [-0.1, -0.05) is 24.3 Å². The van der Waals surface area contributed by atoms with Crippen LogP contribution >= 0.6 is 0 Å². The van der Waals surface area contributed by atoms with Gasteiger partial charge in [-0.05, 0) is 6.07 Å². The third-order valence-electron chi connectivity index (χ3n) is 3.82. The lowest BCUT2D eigenvalue weighted by atomic mass is 9.95. The summed E-state index contributed by atoms with van der Waals surface area (Å²) in [5.74, 6) is 0.537. The van der Waals surface area contributed by atoms with Gasteiger partial charge in [-0.25, -0.2) is 4.79 Å². The third kappa shape index (κ3) is 2.22. The van der Waals surface area contributed by atoms with E-state index in [0.29, 0.717) is 30.1 Å². The Morgan fingerprint density at radius 3 is 2.91 bits per heavy atom. The fourth-order valence-corrected chi connectivity index (χ4v) is 2.87. The number of para-hydroxylation sites is 1. The quantitative estimate of drug-likeness (QED) is 0.824. The molecular weight excluding hydrogens is 282 g/mol. The lowest BCUT2D eigenvalue weighted by Crippen LogP contribution is -2.44. The van der Waals surface area contributed by atoms with Crippen LogP contribution in [0.25, 0.3) is 0 Å². The molecule has 0 bridgehead atoms. The molecule has 3 rings (SSSR count). The van der Waals surface area contributed by atoms with Crippen molar-refractivity contribution in [2.75, 3.05) is 20.2 Å². The molecule has 6 nitrogen and oxygen atoms in total. The molecule has 6 heteroatoms. The van der Waals surface area contributed by atoms with Crippen molar-refractivity contribution in [3.8, 4) is 5.75 Å². The molecule has 3 amide bonds. The molecule has 2 N–H and O–H groups in total. The highest BCUT2D eigenvalue weighted by Gasteiger charge is 2.40. The van der Waals surface area contributed by atoms with E-state index in [1.807, 2.05) is 24.3 Å². The van der Waals surface area contributed by atoms with Crippen LogP contribution < -0.4 is 15.4 Å². The summed E-state index contributed by atoms with van der Waals surface area (Å²) in [6.07, 6.45) is 1.67. The van der Waals surface area contributed by atoms with Crippen LogP contribution in [-0.4, -0.2) is 37.0 Å². The average Bonchev–Trinajstić information content (AvgIpc) is 2.83. The Balaban J connectivity index is 2.04. The van der Waals surface area contributed by atoms with E-state index in [1.165, 1.54) is 0 Å². The van der Waals surface area contributed by atoms with Gasteiger partial charge < -0.3 is 20.3 Å². The Labute approximate surface area is 128 Å². The highest BCUT2D eigenvalue weighted by molar-refractivity contribution is 6.01. The van der Waals surface area contributed by atoms with Crippen molar-refractivity contribution in [3.05, 3.63) is 53.8 Å². The molecule has 1 aromatic carbocycles. The van der Waals surface area contributed by atoms with E-state index < -0.39 is 6.04 Å². The molecule has 1 atom stereocenters. The number of hydrogen-bond acceptors (Lipinski definition) is 3. The van der Waals surface area contributed by atoms with E-state index in [0.717, 1.165) is 5.56 Å². The summed E-state index contributed by atoms with van der Waals surface area (Å²) in [7, 11) is 1.57. The molecule has 0 aromatic heterocycles. The topological polar surface area (TPSA) is 70.7 Å². The Hall–Kier alpha value is -2.76. The molecule has 22 heavy (non-hydrogen) atoms. The SMILES string of the molecule is C=CCN1CC2=C(C1=O)C(c1ccccc1OC)NC(=O)N2. The van der Waals surface area contributed by atoms with Gasteiger partial charge in [-0.3, -0.25) is 4.79 Å². The van der Waals surface area contributed by atoms with Crippen molar-refractivity contribution >= 4 is 11.9 Å². The minimum absolute atomic E-state index is 0.0988. The first-order chi connectivity index (χ1) is 10.7. The Kier molecular flexibility index (Phi) is 3.58. The second kappa shape index (κ2) is 5.55. The van der Waals surface area contributed by atoms with Gasteiger partial charge in [0.2, 0.25) is 0 Å². The molecule has 2 heterocycles. The maximum absolute atomic E-state index is 12.6. The molecule has 2 aliphatic heterocycles. The normalized spacial score (nSPS) is 20.4. The molecule has 2 aliphatic rings. The van der Waals surface area contributed by atoms with Gasteiger partial charge in [0.25, 0.3) is 5.91 Å². The Morgan fingerprint density at radius 2 is 2.18 bits per heavy atom. The van der Waals surface area contributed by atoms with Crippen molar-refractivity contribution in [1.29, 1.82) is 0 Å². The standard InChI is InChI=1S/C16H17N3O3/c1-3-8-19-9-11-13(15(19)20)14(18-16(21)17-11)10-6-4-5-7-12(10)22-2/h3-7,14H,1,8-9H2,2H3,(H2,17,18,21). The summed E-state index contributed by atoms with van der Waals surface area (Å²) in [5, 5.41) is 5.54. The number of rotatable bonds is 4. The van der Waals surface area contributed by atoms with Crippen LogP contribution in [0, 0.1) is 0 Å². The van der Waals surface area contributed by atoms with E-state index >= 15 is 0 Å². The van der Waals surface area contributed by atoms with Crippen molar-refractivity contribution < 1.29 is 14.3 Å². The summed E-state index contributed by atoms with van der Waals surface area (Å²) in [6.45, 7) is 4.49. The van der Waals surface area contributed by atoms with Crippen molar-refractivity contribution in [3.63, 3.8) is 0 Å². The smallest absolute Gasteiger partial charge is 0.319 e. The Bertz CT molecular complexity index is 681. The number of benzene rings is 1. The number of amides is 3. The third-order valence-corrected chi connectivity index (χ3v) is 3.82.